The number of benzene rings is 2. The minimum Gasteiger partial charge on any atom is -1.00 e. The van der Waals surface area contributed by atoms with Gasteiger partial charge in [-0.2, -0.15) is 0 Å². The van der Waals surface area contributed by atoms with Gasteiger partial charge >= 0.3 is 0 Å². The molecule has 0 spiro atoms. The van der Waals surface area contributed by atoms with E-state index in [0.717, 1.165) is 35.0 Å². The molecule has 4 heteroatoms. The van der Waals surface area contributed by atoms with Crippen molar-refractivity contribution in [3.8, 4) is 0 Å². The van der Waals surface area contributed by atoms with Crippen LogP contribution in [0.2, 0.25) is 0 Å². The van der Waals surface area contributed by atoms with Crippen LogP contribution in [0.5, 0.6) is 0 Å². The van der Waals surface area contributed by atoms with Crippen LogP contribution in [-0.4, -0.2) is 50.2 Å². The number of rotatable bonds is 9. The van der Waals surface area contributed by atoms with E-state index >= 15 is 0 Å². The van der Waals surface area contributed by atoms with Crippen molar-refractivity contribution in [1.29, 1.82) is 0 Å². The van der Waals surface area contributed by atoms with Gasteiger partial charge in [-0.05, 0) is 13.0 Å². The van der Waals surface area contributed by atoms with Crippen LogP contribution in [0.15, 0.2) is 86.0 Å². The van der Waals surface area contributed by atoms with Gasteiger partial charge in [-0.25, -0.2) is 0 Å². The van der Waals surface area contributed by atoms with Gasteiger partial charge in [-0.1, -0.05) is 73.3 Å². The summed E-state index contributed by atoms with van der Waals surface area (Å²) >= 11 is 0. The number of likely N-dealkylation sites (N-methyl/N-ethyl adjacent to an activating group) is 1. The summed E-state index contributed by atoms with van der Waals surface area (Å²) in [5.41, 5.74) is 2.79. The van der Waals surface area contributed by atoms with Crippen LogP contribution in [0.1, 0.15) is 30.5 Å². The predicted molar refractivity (Wildman–Crippen MR) is 124 cm³/mol. The Morgan fingerprint density at radius 2 is 1.30 bits per heavy atom. The van der Waals surface area contributed by atoms with Gasteiger partial charge in [0.05, 0.1) is 41.3 Å². The predicted octanol–water partition coefficient (Wildman–Crippen LogP) is -0.143. The van der Waals surface area contributed by atoms with Crippen molar-refractivity contribution in [3.63, 3.8) is 0 Å². The smallest absolute Gasteiger partial charge is 0.118 e. The van der Waals surface area contributed by atoms with Crippen molar-refractivity contribution in [2.75, 3.05) is 41.3 Å². The Labute approximate surface area is 197 Å². The molecule has 1 atom stereocenters. The minimum absolute atomic E-state index is 0. The van der Waals surface area contributed by atoms with Crippen LogP contribution in [0.25, 0.3) is 0 Å². The first-order valence-electron chi connectivity index (χ1n) is 10.2. The van der Waals surface area contributed by atoms with Gasteiger partial charge in [-0.15, -0.1) is 6.58 Å². The molecule has 0 saturated carbocycles. The Hall–Kier alpha value is -1.58. The Morgan fingerprint density at radius 3 is 1.73 bits per heavy atom. The van der Waals surface area contributed by atoms with Crippen LogP contribution in [0.3, 0.4) is 0 Å². The highest BCUT2D eigenvalue weighted by atomic mass is 35.5. The fourth-order valence-electron chi connectivity index (χ4n) is 3.37. The van der Waals surface area contributed by atoms with E-state index in [4.69, 9.17) is 0 Å². The summed E-state index contributed by atoms with van der Waals surface area (Å²) in [6.45, 7) is 13.1. The van der Waals surface area contributed by atoms with Crippen molar-refractivity contribution in [2.45, 2.75) is 25.9 Å². The fourth-order valence-corrected chi connectivity index (χ4v) is 3.37. The number of hydrogen-bond acceptors (Lipinski definition) is 0. The maximum Gasteiger partial charge on any atom is 0.118 e. The summed E-state index contributed by atoms with van der Waals surface area (Å²) < 4.78 is 1.98. The topological polar surface area (TPSA) is 0 Å². The Balaban J connectivity index is 0. The Morgan fingerprint density at radius 1 is 0.800 bits per heavy atom. The molecular formula is C26H40Cl2N2. The number of nitrogens with zero attached hydrogens (tertiary/aromatic N) is 2. The van der Waals surface area contributed by atoms with E-state index in [1.54, 1.807) is 0 Å². The summed E-state index contributed by atoms with van der Waals surface area (Å²) in [5.74, 6) is 0. The molecule has 2 aromatic carbocycles. The van der Waals surface area contributed by atoms with Crippen LogP contribution in [-0.2, 0) is 6.54 Å². The molecule has 0 aliphatic heterocycles. The van der Waals surface area contributed by atoms with Crippen LogP contribution < -0.4 is 24.8 Å². The van der Waals surface area contributed by atoms with Crippen molar-refractivity contribution in [2.24, 2.45) is 0 Å². The summed E-state index contributed by atoms with van der Waals surface area (Å²) in [6, 6.07) is 21.8. The zero-order chi connectivity index (χ0) is 21.0. The molecule has 0 aliphatic carbocycles. The highest BCUT2D eigenvalue weighted by molar-refractivity contribution is 5.18. The summed E-state index contributed by atoms with van der Waals surface area (Å²) in [5, 5.41) is 0. The third-order valence-corrected chi connectivity index (χ3v) is 5.31. The summed E-state index contributed by atoms with van der Waals surface area (Å²) in [6.07, 6.45) is 5.03. The lowest BCUT2D eigenvalue weighted by molar-refractivity contribution is -0.919. The van der Waals surface area contributed by atoms with E-state index in [1.165, 1.54) is 11.1 Å². The first-order chi connectivity index (χ1) is 13.3. The van der Waals surface area contributed by atoms with E-state index in [-0.39, 0.29) is 24.8 Å². The first kappa shape index (κ1) is 30.6. The van der Waals surface area contributed by atoms with Crippen molar-refractivity contribution in [3.05, 3.63) is 97.1 Å². The van der Waals surface area contributed by atoms with Crippen molar-refractivity contribution < 1.29 is 33.8 Å². The van der Waals surface area contributed by atoms with Crippen molar-refractivity contribution >= 4 is 0 Å². The molecule has 2 rings (SSSR count). The van der Waals surface area contributed by atoms with E-state index in [1.807, 2.05) is 12.2 Å². The summed E-state index contributed by atoms with van der Waals surface area (Å²) in [4.78, 5) is 0. The SMILES string of the molecule is C=CCC(c1ccccc1)[N+](C)(C)CC.C=CC[N+](C)(C)Cc1ccccc1.[Cl-].[Cl-]. The van der Waals surface area contributed by atoms with Crippen LogP contribution in [0, 0.1) is 0 Å². The molecule has 2 nitrogen and oxygen atoms in total. The molecule has 0 radical (unpaired) electrons. The second-order valence-corrected chi connectivity index (χ2v) is 8.60. The minimum atomic E-state index is 0. The monoisotopic (exact) mass is 450 g/mol. The van der Waals surface area contributed by atoms with Gasteiger partial charge in [0.1, 0.15) is 12.6 Å². The van der Waals surface area contributed by atoms with Crippen molar-refractivity contribution in [1.82, 2.24) is 0 Å². The molecule has 0 bridgehead atoms. The summed E-state index contributed by atoms with van der Waals surface area (Å²) in [7, 11) is 8.99. The molecule has 0 N–H and O–H groups in total. The molecule has 0 fully saturated rings. The molecule has 0 aromatic heterocycles. The average Bonchev–Trinajstić information content (AvgIpc) is 2.67. The van der Waals surface area contributed by atoms with Gasteiger partial charge < -0.3 is 33.8 Å². The number of hydrogen-bond donors (Lipinski definition) is 0. The molecule has 0 amide bonds. The molecule has 30 heavy (non-hydrogen) atoms. The van der Waals surface area contributed by atoms with Gasteiger partial charge in [0.15, 0.2) is 0 Å². The third kappa shape index (κ3) is 11.0. The lowest BCUT2D eigenvalue weighted by atomic mass is 10.0. The molecule has 0 heterocycles. The molecule has 168 valence electrons. The van der Waals surface area contributed by atoms with Crippen LogP contribution >= 0.6 is 0 Å². The average molecular weight is 452 g/mol. The highest BCUT2D eigenvalue weighted by Gasteiger charge is 2.26. The normalized spacial score (nSPS) is 11.6. The number of halogens is 2. The largest absolute Gasteiger partial charge is 1.00 e. The van der Waals surface area contributed by atoms with Crippen LogP contribution in [0.4, 0.5) is 0 Å². The lowest BCUT2D eigenvalue weighted by Gasteiger charge is -2.37. The maximum absolute atomic E-state index is 3.86. The van der Waals surface area contributed by atoms with Gasteiger partial charge in [0.2, 0.25) is 0 Å². The molecule has 1 unspecified atom stereocenters. The molecule has 0 saturated heterocycles. The van der Waals surface area contributed by atoms with Gasteiger partial charge in [0, 0.05) is 17.5 Å². The Kier molecular flexibility index (Phi) is 15.6. The Bertz CT molecular complexity index is 697. The van der Waals surface area contributed by atoms with E-state index < -0.39 is 0 Å². The second-order valence-electron chi connectivity index (χ2n) is 8.60. The third-order valence-electron chi connectivity index (χ3n) is 5.31. The first-order valence-corrected chi connectivity index (χ1v) is 10.2. The zero-order valence-corrected chi connectivity index (χ0v) is 20.9. The lowest BCUT2D eigenvalue weighted by Crippen LogP contribution is -3.00. The molecule has 0 aliphatic rings. The molecular weight excluding hydrogens is 411 g/mol. The maximum atomic E-state index is 3.86. The highest BCUT2D eigenvalue weighted by Crippen LogP contribution is 2.28. The van der Waals surface area contributed by atoms with Gasteiger partial charge in [-0.3, -0.25) is 0 Å². The second kappa shape index (κ2) is 15.3. The van der Waals surface area contributed by atoms with Gasteiger partial charge in [0.25, 0.3) is 0 Å². The van der Waals surface area contributed by atoms with E-state index in [0.29, 0.717) is 6.04 Å². The van der Waals surface area contributed by atoms with E-state index in [9.17, 15) is 0 Å². The number of quaternary nitrogens is 2. The standard InChI is InChI=1S/C14H22N.C12H18N.2ClH/c1-5-10-14(15(3,4)6-2)13-11-8-7-9-12-13;1-4-10-13(2,3)11-12-8-6-5-7-9-12;;/h5,7-9,11-12,14H,1,6,10H2,2-4H3;4-9H,1,10-11H2,2-3H3;2*1H/q2*+1;;/p-2. The fraction of sp³-hybridized carbons (Fsp3) is 0.385. The van der Waals surface area contributed by atoms with E-state index in [2.05, 4.69) is 109 Å². The zero-order valence-electron chi connectivity index (χ0n) is 19.4. The quantitative estimate of drug-likeness (QED) is 0.368. The molecule has 2 aromatic rings.